The van der Waals surface area contributed by atoms with Crippen LogP contribution in [-0.2, 0) is 25.9 Å². The molecule has 0 saturated heterocycles. The van der Waals surface area contributed by atoms with Gasteiger partial charge >= 0.3 is 0 Å². The van der Waals surface area contributed by atoms with Crippen molar-refractivity contribution in [1.29, 1.82) is 0 Å². The quantitative estimate of drug-likeness (QED) is 0.228. The molecule has 154 valence electrons. The van der Waals surface area contributed by atoms with Crippen molar-refractivity contribution in [2.24, 2.45) is 0 Å². The van der Waals surface area contributed by atoms with Crippen LogP contribution in [0.4, 0.5) is 0 Å². The van der Waals surface area contributed by atoms with Gasteiger partial charge in [-0.2, -0.15) is 6.20 Å². The zero-order valence-electron chi connectivity index (χ0n) is 16.5. The first-order chi connectivity index (χ1) is 14.0. The fraction of sp³-hybridized carbons (Fsp3) is 0.0833. The van der Waals surface area contributed by atoms with Gasteiger partial charge < -0.3 is 14.7 Å². The van der Waals surface area contributed by atoms with E-state index in [4.69, 9.17) is 5.11 Å². The molecule has 5 aromatic rings. The van der Waals surface area contributed by atoms with Gasteiger partial charge in [0.25, 0.3) is 0 Å². The minimum atomic E-state index is -0.125. The van der Waals surface area contributed by atoms with Crippen LogP contribution in [0.1, 0.15) is 13.8 Å². The van der Waals surface area contributed by atoms with E-state index in [0.29, 0.717) is 0 Å². The van der Waals surface area contributed by atoms with E-state index in [1.165, 1.54) is 30.7 Å². The zero-order chi connectivity index (χ0) is 20.4. The molecule has 0 aliphatic carbocycles. The Balaban J connectivity index is 0.000000281. The van der Waals surface area contributed by atoms with E-state index in [9.17, 15) is 4.79 Å². The average Bonchev–Trinajstić information content (AvgIpc) is 3.28. The molecule has 5 rings (SSSR count). The Bertz CT molecular complexity index is 1360. The molecule has 3 aromatic heterocycles. The summed E-state index contributed by atoms with van der Waals surface area (Å²) in [5, 5.41) is 10.8. The monoisotopic (exact) mass is 577 g/mol. The van der Waals surface area contributed by atoms with Crippen molar-refractivity contribution in [3.8, 4) is 5.69 Å². The van der Waals surface area contributed by atoms with Crippen LogP contribution in [-0.4, -0.2) is 20.4 Å². The van der Waals surface area contributed by atoms with Gasteiger partial charge in [-0.3, -0.25) is 9.78 Å². The normalized spacial score (nSPS) is 11.2. The predicted molar refractivity (Wildman–Crippen MR) is 116 cm³/mol. The number of hydrogen-bond acceptors (Lipinski definition) is 3. The number of ketones is 1. The summed E-state index contributed by atoms with van der Waals surface area (Å²) in [6.45, 7) is 2.85. The van der Waals surface area contributed by atoms with Crippen LogP contribution in [0.3, 0.4) is 0 Å². The second kappa shape index (κ2) is 9.10. The summed E-state index contributed by atoms with van der Waals surface area (Å²) in [6, 6.07) is 21.1. The molecule has 0 unspecified atom stereocenters. The predicted octanol–water partition coefficient (Wildman–Crippen LogP) is 5.32. The molecule has 1 N–H and O–H groups in total. The average molecular weight is 578 g/mol. The Kier molecular flexibility index (Phi) is 6.53. The number of pyridine rings is 1. The van der Waals surface area contributed by atoms with Gasteiger partial charge in [0, 0.05) is 44.5 Å². The van der Waals surface area contributed by atoms with Crippen molar-refractivity contribution in [2.75, 3.05) is 0 Å². The van der Waals surface area contributed by atoms with E-state index < -0.39 is 0 Å². The van der Waals surface area contributed by atoms with Gasteiger partial charge in [-0.15, -0.1) is 0 Å². The first-order valence-electron chi connectivity index (χ1n) is 9.28. The standard InChI is InChI=1S/C19H12N3.C5H8O2.Pt/c1-2-5-14-12-15(8-7-13(14)4-1)22-16-6-3-10-20-18(16)19-17(22)9-11-21-19;1-4(6)3-5(2)7;/h1-12H;3,6H,1-2H3;/q-1;;/b;4-3-;. The fourth-order valence-electron chi connectivity index (χ4n) is 3.47. The van der Waals surface area contributed by atoms with E-state index in [-0.39, 0.29) is 32.6 Å². The Morgan fingerprint density at radius 3 is 2.47 bits per heavy atom. The molecule has 0 atom stereocenters. The number of aliphatic hydroxyl groups is 1. The topological polar surface area (TPSA) is 69.2 Å². The van der Waals surface area contributed by atoms with E-state index in [1.54, 1.807) is 0 Å². The van der Waals surface area contributed by atoms with E-state index in [2.05, 4.69) is 63.1 Å². The van der Waals surface area contributed by atoms with E-state index in [1.807, 2.05) is 24.5 Å². The van der Waals surface area contributed by atoms with Gasteiger partial charge in [-0.05, 0) is 48.9 Å². The number of benzene rings is 2. The smallest absolute Gasteiger partial charge is 0.155 e. The third-order valence-electron chi connectivity index (χ3n) is 4.57. The van der Waals surface area contributed by atoms with Crippen molar-refractivity contribution in [2.45, 2.75) is 13.8 Å². The largest absolute Gasteiger partial charge is 0.661 e. The number of rotatable bonds is 2. The minimum Gasteiger partial charge on any atom is -0.661 e. The molecule has 0 amide bonds. The van der Waals surface area contributed by atoms with Crippen molar-refractivity contribution < 1.29 is 31.0 Å². The first-order valence-corrected chi connectivity index (χ1v) is 9.28. The molecule has 2 aromatic carbocycles. The second-order valence-corrected chi connectivity index (χ2v) is 6.81. The Hall–Kier alpha value is -3.17. The molecule has 30 heavy (non-hydrogen) atoms. The molecular weight excluding hydrogens is 557 g/mol. The molecule has 0 radical (unpaired) electrons. The number of aliphatic hydroxyl groups excluding tert-OH is 1. The van der Waals surface area contributed by atoms with Gasteiger partial charge in [0.05, 0.1) is 16.8 Å². The van der Waals surface area contributed by atoms with Gasteiger partial charge in [-0.1, -0.05) is 41.9 Å². The third kappa shape index (κ3) is 4.22. The number of carbonyl (C=O) groups is 1. The summed E-state index contributed by atoms with van der Waals surface area (Å²) in [6.07, 6.45) is 4.83. The molecule has 3 heterocycles. The van der Waals surface area contributed by atoms with Crippen LogP contribution >= 0.6 is 0 Å². The van der Waals surface area contributed by atoms with Crippen LogP contribution in [0.5, 0.6) is 0 Å². The van der Waals surface area contributed by atoms with Crippen molar-refractivity contribution >= 4 is 38.6 Å². The number of allylic oxidation sites excluding steroid dienone is 2. The number of carbonyl (C=O) groups excluding carboxylic acids is 1. The summed E-state index contributed by atoms with van der Waals surface area (Å²) >= 11 is 0. The molecule has 0 spiro atoms. The summed E-state index contributed by atoms with van der Waals surface area (Å²) in [5.41, 5.74) is 5.25. The second-order valence-electron chi connectivity index (χ2n) is 6.81. The maximum absolute atomic E-state index is 10.0. The van der Waals surface area contributed by atoms with Gasteiger partial charge in [0.1, 0.15) is 0 Å². The van der Waals surface area contributed by atoms with Gasteiger partial charge in [-0.25, -0.2) is 0 Å². The van der Waals surface area contributed by atoms with Crippen LogP contribution in [0.2, 0.25) is 0 Å². The van der Waals surface area contributed by atoms with Crippen molar-refractivity contribution in [1.82, 2.24) is 14.5 Å². The Labute approximate surface area is 188 Å². The van der Waals surface area contributed by atoms with Gasteiger partial charge in [0.2, 0.25) is 0 Å². The molecule has 6 heteroatoms. The molecule has 0 saturated carbocycles. The molecule has 0 aliphatic rings. The number of fused-ring (bicyclic) bond motifs is 4. The van der Waals surface area contributed by atoms with E-state index >= 15 is 0 Å². The Morgan fingerprint density at radius 1 is 1.00 bits per heavy atom. The summed E-state index contributed by atoms with van der Waals surface area (Å²) in [5.74, 6) is -0.0625. The Morgan fingerprint density at radius 2 is 1.77 bits per heavy atom. The molecule has 0 fully saturated rings. The minimum absolute atomic E-state index is 0. The van der Waals surface area contributed by atoms with Crippen molar-refractivity contribution in [3.63, 3.8) is 0 Å². The van der Waals surface area contributed by atoms with Crippen LogP contribution in [0.25, 0.3) is 38.5 Å². The molecule has 0 bridgehead atoms. The maximum Gasteiger partial charge on any atom is 0.155 e. The SMILES string of the molecule is CC(=O)/C=C(/C)O.[Pt].c1ccc2cc(-n3c4cccnc4c4[n-]ccc43)ccc2c1. The molecule has 5 nitrogen and oxygen atoms in total. The van der Waals surface area contributed by atoms with Crippen LogP contribution < -0.4 is 4.98 Å². The van der Waals surface area contributed by atoms with Crippen molar-refractivity contribution in [3.05, 3.63) is 84.9 Å². The summed E-state index contributed by atoms with van der Waals surface area (Å²) in [4.78, 5) is 19.0. The molecular formula is C24H20N3O2Pt-. The zero-order valence-corrected chi connectivity index (χ0v) is 18.8. The number of nitrogens with zero attached hydrogens (tertiary/aromatic N) is 3. The van der Waals surface area contributed by atoms with Crippen LogP contribution in [0.15, 0.2) is 84.9 Å². The van der Waals surface area contributed by atoms with Gasteiger partial charge in [0.15, 0.2) is 5.78 Å². The maximum atomic E-state index is 10.0. The third-order valence-corrected chi connectivity index (χ3v) is 4.57. The van der Waals surface area contributed by atoms with Crippen LogP contribution in [0, 0.1) is 0 Å². The summed E-state index contributed by atoms with van der Waals surface area (Å²) in [7, 11) is 0. The number of hydrogen-bond donors (Lipinski definition) is 1. The van der Waals surface area contributed by atoms with E-state index in [0.717, 1.165) is 27.8 Å². The first kappa shape index (κ1) is 21.5. The fourth-order valence-corrected chi connectivity index (χ4v) is 3.47. The number of aromatic nitrogens is 3. The summed E-state index contributed by atoms with van der Waals surface area (Å²) < 4.78 is 2.23. The molecule has 0 aliphatic heterocycles.